The fourth-order valence-corrected chi connectivity index (χ4v) is 3.06. The lowest BCUT2D eigenvalue weighted by Gasteiger charge is -2.19. The minimum atomic E-state index is -0.450. The molecule has 0 unspecified atom stereocenters. The van der Waals surface area contributed by atoms with Crippen LogP contribution in [0.3, 0.4) is 0 Å². The van der Waals surface area contributed by atoms with Crippen LogP contribution in [0.1, 0.15) is 5.56 Å². The molecule has 2 aromatic carbocycles. The number of hydrazine groups is 1. The molecule has 2 aliphatic heterocycles. The second-order valence-corrected chi connectivity index (χ2v) is 5.99. The molecule has 2 heterocycles. The third kappa shape index (κ3) is 3.09. The minimum Gasteiger partial charge on any atom is -0.454 e. The molecule has 0 amide bonds. The number of hydrogen-bond donors (Lipinski definition) is 2. The molecule has 0 spiro atoms. The van der Waals surface area contributed by atoms with Gasteiger partial charge in [-0.05, 0) is 24.3 Å². The number of ether oxygens (including phenoxy) is 2. The van der Waals surface area contributed by atoms with Crippen LogP contribution in [-0.2, 0) is 0 Å². The Morgan fingerprint density at radius 2 is 1.96 bits per heavy atom. The largest absolute Gasteiger partial charge is 0.454 e. The van der Waals surface area contributed by atoms with E-state index >= 15 is 0 Å². The molecule has 2 N–H and O–H groups in total. The first-order valence-corrected chi connectivity index (χ1v) is 8.20. The SMILES string of the molecule is O=[N+]([O-])c1ccccc1N=C1NNC(c2ccc3c(c2)OCO3)=CS1. The van der Waals surface area contributed by atoms with Crippen LogP contribution in [-0.4, -0.2) is 16.9 Å². The van der Waals surface area contributed by atoms with Crippen LogP contribution in [0.5, 0.6) is 11.5 Å². The quantitative estimate of drug-likeness (QED) is 0.644. The zero-order valence-corrected chi connectivity index (χ0v) is 13.6. The van der Waals surface area contributed by atoms with E-state index in [0.717, 1.165) is 17.0 Å². The summed E-state index contributed by atoms with van der Waals surface area (Å²) in [6.45, 7) is 0.227. The van der Waals surface area contributed by atoms with Crippen LogP contribution in [0, 0.1) is 10.1 Å². The first-order chi connectivity index (χ1) is 12.2. The number of nitrogens with zero attached hydrogens (tertiary/aromatic N) is 2. The number of nitrogens with one attached hydrogen (secondary N) is 2. The number of para-hydroxylation sites is 2. The predicted molar refractivity (Wildman–Crippen MR) is 94.6 cm³/mol. The lowest BCUT2D eigenvalue weighted by molar-refractivity contribution is -0.384. The summed E-state index contributed by atoms with van der Waals surface area (Å²) >= 11 is 1.33. The van der Waals surface area contributed by atoms with Crippen LogP contribution in [0.25, 0.3) is 5.70 Å². The van der Waals surface area contributed by atoms with E-state index in [1.54, 1.807) is 18.2 Å². The molecular formula is C16H12N4O4S. The smallest absolute Gasteiger partial charge is 0.294 e. The summed E-state index contributed by atoms with van der Waals surface area (Å²) < 4.78 is 10.7. The van der Waals surface area contributed by atoms with E-state index in [2.05, 4.69) is 15.8 Å². The molecule has 2 aliphatic rings. The van der Waals surface area contributed by atoms with Crippen molar-refractivity contribution in [3.63, 3.8) is 0 Å². The summed E-state index contributed by atoms with van der Waals surface area (Å²) in [5.74, 6) is 1.42. The summed E-state index contributed by atoms with van der Waals surface area (Å²) in [4.78, 5) is 14.9. The zero-order chi connectivity index (χ0) is 17.2. The Balaban J connectivity index is 1.55. The van der Waals surface area contributed by atoms with E-state index in [1.165, 1.54) is 17.8 Å². The molecule has 0 aliphatic carbocycles. The predicted octanol–water partition coefficient (Wildman–Crippen LogP) is 3.15. The van der Waals surface area contributed by atoms with Gasteiger partial charge in [0.25, 0.3) is 5.69 Å². The van der Waals surface area contributed by atoms with E-state index in [4.69, 9.17) is 9.47 Å². The van der Waals surface area contributed by atoms with Gasteiger partial charge in [-0.3, -0.25) is 21.0 Å². The molecule has 4 rings (SSSR count). The van der Waals surface area contributed by atoms with E-state index in [9.17, 15) is 10.1 Å². The number of thioether (sulfide) groups is 1. The molecule has 8 nitrogen and oxygen atoms in total. The minimum absolute atomic E-state index is 0.0389. The van der Waals surface area contributed by atoms with Gasteiger partial charge in [0.05, 0.1) is 10.6 Å². The van der Waals surface area contributed by atoms with Gasteiger partial charge in [0.15, 0.2) is 16.7 Å². The number of aliphatic imine (C=N–C) groups is 1. The Labute approximate surface area is 146 Å². The maximum absolute atomic E-state index is 11.1. The van der Waals surface area contributed by atoms with Crippen molar-refractivity contribution < 1.29 is 14.4 Å². The Bertz CT molecular complexity index is 913. The number of rotatable bonds is 3. The number of fused-ring (bicyclic) bond motifs is 1. The second-order valence-electron chi connectivity index (χ2n) is 5.13. The van der Waals surface area contributed by atoms with Gasteiger partial charge in [0, 0.05) is 17.0 Å². The highest BCUT2D eigenvalue weighted by Gasteiger charge is 2.18. The maximum Gasteiger partial charge on any atom is 0.294 e. The molecule has 0 aromatic heterocycles. The molecular weight excluding hydrogens is 344 g/mol. The van der Waals surface area contributed by atoms with Gasteiger partial charge in [-0.25, -0.2) is 4.99 Å². The fraction of sp³-hybridized carbons (Fsp3) is 0.0625. The maximum atomic E-state index is 11.1. The van der Waals surface area contributed by atoms with Crippen LogP contribution in [0.15, 0.2) is 52.9 Å². The highest BCUT2D eigenvalue weighted by atomic mass is 32.2. The van der Waals surface area contributed by atoms with E-state index in [1.807, 2.05) is 23.6 Å². The number of amidine groups is 1. The first-order valence-electron chi connectivity index (χ1n) is 7.32. The van der Waals surface area contributed by atoms with Crippen molar-refractivity contribution in [3.8, 4) is 11.5 Å². The highest BCUT2D eigenvalue weighted by molar-refractivity contribution is 8.16. The van der Waals surface area contributed by atoms with E-state index in [-0.39, 0.29) is 12.5 Å². The normalized spacial score (nSPS) is 16.8. The molecule has 0 saturated heterocycles. The van der Waals surface area contributed by atoms with Gasteiger partial charge in [-0.2, -0.15) is 0 Å². The van der Waals surface area contributed by atoms with Crippen molar-refractivity contribution in [1.82, 2.24) is 10.9 Å². The standard InChI is InChI=1S/C16H12N4O4S/c21-20(22)13-4-2-1-3-11(13)17-16-19-18-12(8-25-16)10-5-6-14-15(7-10)24-9-23-14/h1-8,18H,9H2,(H,17,19). The Morgan fingerprint density at radius 1 is 1.12 bits per heavy atom. The third-order valence-electron chi connectivity index (χ3n) is 3.58. The van der Waals surface area contributed by atoms with Crippen LogP contribution in [0.4, 0.5) is 11.4 Å². The molecule has 0 bridgehead atoms. The topological polar surface area (TPSA) is 98.0 Å². The van der Waals surface area contributed by atoms with Gasteiger partial charge in [-0.15, -0.1) is 0 Å². The summed E-state index contributed by atoms with van der Waals surface area (Å²) in [6.07, 6.45) is 0. The van der Waals surface area contributed by atoms with E-state index < -0.39 is 4.92 Å². The Kier molecular flexibility index (Phi) is 3.90. The lowest BCUT2D eigenvalue weighted by Crippen LogP contribution is -2.36. The highest BCUT2D eigenvalue weighted by Crippen LogP contribution is 2.35. The van der Waals surface area contributed by atoms with Crippen molar-refractivity contribution >= 4 is 34.0 Å². The Morgan fingerprint density at radius 3 is 2.76 bits per heavy atom. The van der Waals surface area contributed by atoms with Crippen molar-refractivity contribution in [1.29, 1.82) is 0 Å². The molecule has 9 heteroatoms. The molecule has 0 fully saturated rings. The average Bonchev–Trinajstić information content (AvgIpc) is 3.10. The van der Waals surface area contributed by atoms with Crippen LogP contribution in [0.2, 0.25) is 0 Å². The van der Waals surface area contributed by atoms with E-state index in [0.29, 0.717) is 16.6 Å². The number of hydrogen-bond acceptors (Lipinski definition) is 7. The number of benzene rings is 2. The molecule has 0 atom stereocenters. The first kappa shape index (κ1) is 15.3. The molecule has 0 saturated carbocycles. The average molecular weight is 356 g/mol. The number of nitro benzene ring substituents is 1. The second kappa shape index (κ2) is 6.36. The summed E-state index contributed by atoms with van der Waals surface area (Å²) in [5, 5.41) is 13.4. The van der Waals surface area contributed by atoms with Crippen molar-refractivity contribution in [3.05, 3.63) is 63.6 Å². The number of nitro groups is 1. The molecule has 126 valence electrons. The van der Waals surface area contributed by atoms with Crippen molar-refractivity contribution in [2.24, 2.45) is 4.99 Å². The van der Waals surface area contributed by atoms with Crippen molar-refractivity contribution in [2.45, 2.75) is 0 Å². The lowest BCUT2D eigenvalue weighted by atomic mass is 10.1. The van der Waals surface area contributed by atoms with Crippen LogP contribution >= 0.6 is 11.8 Å². The molecule has 25 heavy (non-hydrogen) atoms. The molecule has 0 radical (unpaired) electrons. The van der Waals surface area contributed by atoms with Gasteiger partial charge in [-0.1, -0.05) is 23.9 Å². The van der Waals surface area contributed by atoms with Crippen LogP contribution < -0.4 is 20.3 Å². The monoisotopic (exact) mass is 356 g/mol. The molecule has 2 aromatic rings. The van der Waals surface area contributed by atoms with Gasteiger partial charge < -0.3 is 9.47 Å². The third-order valence-corrected chi connectivity index (χ3v) is 4.35. The zero-order valence-electron chi connectivity index (χ0n) is 12.8. The summed E-state index contributed by atoms with van der Waals surface area (Å²) in [6, 6.07) is 12.0. The van der Waals surface area contributed by atoms with Gasteiger partial charge >= 0.3 is 0 Å². The summed E-state index contributed by atoms with van der Waals surface area (Å²) in [7, 11) is 0. The fourth-order valence-electron chi connectivity index (χ4n) is 2.38. The van der Waals surface area contributed by atoms with Gasteiger partial charge in [0.1, 0.15) is 5.69 Å². The van der Waals surface area contributed by atoms with Crippen molar-refractivity contribution in [2.75, 3.05) is 6.79 Å². The Hall–Kier alpha value is -3.20. The summed E-state index contributed by atoms with van der Waals surface area (Å²) in [5.41, 5.74) is 8.01. The van der Waals surface area contributed by atoms with Gasteiger partial charge in [0.2, 0.25) is 6.79 Å².